The molecule has 2 heteroatoms. The van der Waals surface area contributed by atoms with Gasteiger partial charge in [0, 0.05) is 0 Å². The Hall–Kier alpha value is -0.530. The first kappa shape index (κ1) is 17.5. The second-order valence-corrected chi connectivity index (χ2v) is 6.53. The van der Waals surface area contributed by atoms with Crippen molar-refractivity contribution >= 4 is 5.97 Å². The van der Waals surface area contributed by atoms with E-state index in [0.29, 0.717) is 18.4 Å². The Balaban J connectivity index is 4.03. The van der Waals surface area contributed by atoms with E-state index >= 15 is 0 Å². The number of hydrogen-bond donors (Lipinski definition) is 0. The first-order chi connectivity index (χ1) is 8.34. The normalized spacial score (nSPS) is 13.4. The Morgan fingerprint density at radius 1 is 0.889 bits per heavy atom. The van der Waals surface area contributed by atoms with Gasteiger partial charge in [-0.25, -0.2) is 0 Å². The summed E-state index contributed by atoms with van der Waals surface area (Å²) in [6.45, 7) is 13.6. The molecule has 0 fully saturated rings. The van der Waals surface area contributed by atoms with Gasteiger partial charge in [-0.15, -0.1) is 0 Å². The number of carbonyl (C=O) groups is 1. The van der Waals surface area contributed by atoms with Gasteiger partial charge in [-0.2, -0.15) is 0 Å². The minimum absolute atomic E-state index is 0.00871. The van der Waals surface area contributed by atoms with Crippen molar-refractivity contribution < 1.29 is 9.53 Å². The molecule has 0 saturated carbocycles. The predicted molar refractivity (Wildman–Crippen MR) is 77.4 cm³/mol. The fourth-order valence-electron chi connectivity index (χ4n) is 1.97. The number of ether oxygens (including phenoxy) is 1. The van der Waals surface area contributed by atoms with Gasteiger partial charge in [0.25, 0.3) is 0 Å². The van der Waals surface area contributed by atoms with Crippen LogP contribution in [0.25, 0.3) is 0 Å². The summed E-state index contributed by atoms with van der Waals surface area (Å²) in [5, 5.41) is 0. The highest BCUT2D eigenvalue weighted by atomic mass is 16.5. The minimum atomic E-state index is 0.00871. The Labute approximate surface area is 113 Å². The molecule has 2 nitrogen and oxygen atoms in total. The van der Waals surface area contributed by atoms with E-state index < -0.39 is 0 Å². The molecular formula is C16H32O2. The highest BCUT2D eigenvalue weighted by Crippen LogP contribution is 2.21. The van der Waals surface area contributed by atoms with E-state index in [1.165, 1.54) is 6.42 Å². The van der Waals surface area contributed by atoms with E-state index in [9.17, 15) is 4.79 Å². The third-order valence-corrected chi connectivity index (χ3v) is 3.34. The van der Waals surface area contributed by atoms with Gasteiger partial charge in [0.05, 0.1) is 12.5 Å². The smallest absolute Gasteiger partial charge is 0.309 e. The molecule has 0 saturated heterocycles. The van der Waals surface area contributed by atoms with Gasteiger partial charge in [-0.3, -0.25) is 4.79 Å². The summed E-state index contributed by atoms with van der Waals surface area (Å²) in [5.41, 5.74) is 0. The zero-order chi connectivity index (χ0) is 14.1. The monoisotopic (exact) mass is 256 g/mol. The van der Waals surface area contributed by atoms with Crippen molar-refractivity contribution in [1.82, 2.24) is 0 Å². The summed E-state index contributed by atoms with van der Waals surface area (Å²) >= 11 is 0. The van der Waals surface area contributed by atoms with Crippen LogP contribution in [-0.2, 0) is 9.53 Å². The predicted octanol–water partition coefficient (Wildman–Crippen LogP) is 4.67. The van der Waals surface area contributed by atoms with Crippen molar-refractivity contribution in [3.05, 3.63) is 0 Å². The zero-order valence-corrected chi connectivity index (χ0v) is 13.2. The molecule has 0 aliphatic carbocycles. The first-order valence-electron chi connectivity index (χ1n) is 7.51. The van der Waals surface area contributed by atoms with E-state index in [4.69, 9.17) is 4.74 Å². The number of carbonyl (C=O) groups excluding carboxylic acids is 1. The lowest BCUT2D eigenvalue weighted by Crippen LogP contribution is -2.23. The third-order valence-electron chi connectivity index (χ3n) is 3.34. The molecule has 0 aliphatic heterocycles. The van der Waals surface area contributed by atoms with Crippen LogP contribution in [0, 0.1) is 23.7 Å². The average Bonchev–Trinajstić information content (AvgIpc) is 2.22. The van der Waals surface area contributed by atoms with Gasteiger partial charge in [-0.1, -0.05) is 54.4 Å². The van der Waals surface area contributed by atoms with Gasteiger partial charge < -0.3 is 4.74 Å². The molecule has 0 aromatic carbocycles. The summed E-state index contributed by atoms with van der Waals surface area (Å²) in [7, 11) is 0. The largest absolute Gasteiger partial charge is 0.465 e. The van der Waals surface area contributed by atoms with Crippen molar-refractivity contribution in [3.63, 3.8) is 0 Å². The lowest BCUT2D eigenvalue weighted by molar-refractivity contribution is -0.150. The van der Waals surface area contributed by atoms with Crippen LogP contribution < -0.4 is 0 Å². The summed E-state index contributed by atoms with van der Waals surface area (Å²) in [6, 6.07) is 0. The van der Waals surface area contributed by atoms with E-state index in [1.807, 2.05) is 0 Å². The van der Waals surface area contributed by atoms with Crippen LogP contribution in [0.3, 0.4) is 0 Å². The third kappa shape index (κ3) is 8.54. The van der Waals surface area contributed by atoms with Crippen LogP contribution in [-0.4, -0.2) is 12.6 Å². The Kier molecular flexibility index (Phi) is 9.13. The fraction of sp³-hybridized carbons (Fsp3) is 0.938. The molecule has 0 aromatic heterocycles. The van der Waals surface area contributed by atoms with Gasteiger partial charge >= 0.3 is 5.97 Å². The standard InChI is InChI=1S/C16H32O2/c1-12(2)8-7-9-15(14(5)6)16(17)18-11-10-13(3)4/h12-15H,7-11H2,1-6H3. The van der Waals surface area contributed by atoms with Crippen LogP contribution in [0.1, 0.15) is 67.2 Å². The van der Waals surface area contributed by atoms with Crippen molar-refractivity contribution in [1.29, 1.82) is 0 Å². The van der Waals surface area contributed by atoms with Gasteiger partial charge in [0.1, 0.15) is 0 Å². The molecule has 0 bridgehead atoms. The molecule has 1 atom stereocenters. The maximum Gasteiger partial charge on any atom is 0.309 e. The first-order valence-corrected chi connectivity index (χ1v) is 7.51. The molecule has 0 rings (SSSR count). The second-order valence-electron chi connectivity index (χ2n) is 6.53. The topological polar surface area (TPSA) is 26.3 Å². The number of hydrogen-bond acceptors (Lipinski definition) is 2. The van der Waals surface area contributed by atoms with Crippen molar-refractivity contribution in [3.8, 4) is 0 Å². The van der Waals surface area contributed by atoms with Crippen molar-refractivity contribution in [2.24, 2.45) is 23.7 Å². The molecule has 18 heavy (non-hydrogen) atoms. The molecule has 0 amide bonds. The van der Waals surface area contributed by atoms with Crippen LogP contribution in [0.4, 0.5) is 0 Å². The van der Waals surface area contributed by atoms with Gasteiger partial charge in [-0.05, 0) is 30.6 Å². The summed E-state index contributed by atoms with van der Waals surface area (Å²) in [5.74, 6) is 1.78. The molecule has 1 unspecified atom stereocenters. The molecule has 0 aliphatic rings. The maximum atomic E-state index is 12.0. The second kappa shape index (κ2) is 9.41. The Bertz CT molecular complexity index is 219. The van der Waals surface area contributed by atoms with E-state index in [0.717, 1.165) is 25.2 Å². The SMILES string of the molecule is CC(C)CCCC(C(=O)OCCC(C)C)C(C)C. The number of rotatable bonds is 9. The van der Waals surface area contributed by atoms with Crippen molar-refractivity contribution in [2.75, 3.05) is 6.61 Å². The lowest BCUT2D eigenvalue weighted by atomic mass is 9.89. The molecule has 108 valence electrons. The Morgan fingerprint density at radius 2 is 1.44 bits per heavy atom. The summed E-state index contributed by atoms with van der Waals surface area (Å²) in [4.78, 5) is 12.0. The minimum Gasteiger partial charge on any atom is -0.465 e. The van der Waals surface area contributed by atoms with Gasteiger partial charge in [0.2, 0.25) is 0 Å². The van der Waals surface area contributed by atoms with E-state index in [1.54, 1.807) is 0 Å². The van der Waals surface area contributed by atoms with E-state index in [-0.39, 0.29) is 11.9 Å². The highest BCUT2D eigenvalue weighted by molar-refractivity contribution is 5.72. The molecule has 0 radical (unpaired) electrons. The summed E-state index contributed by atoms with van der Waals surface area (Å²) < 4.78 is 5.39. The van der Waals surface area contributed by atoms with Crippen molar-refractivity contribution in [2.45, 2.75) is 67.2 Å². The quantitative estimate of drug-likeness (QED) is 0.560. The molecular weight excluding hydrogens is 224 g/mol. The average molecular weight is 256 g/mol. The molecule has 0 N–H and O–H groups in total. The lowest BCUT2D eigenvalue weighted by Gasteiger charge is -2.20. The molecule has 0 spiro atoms. The van der Waals surface area contributed by atoms with Crippen LogP contribution >= 0.6 is 0 Å². The van der Waals surface area contributed by atoms with Crippen LogP contribution in [0.2, 0.25) is 0 Å². The Morgan fingerprint density at radius 3 is 1.89 bits per heavy atom. The van der Waals surface area contributed by atoms with Crippen LogP contribution in [0.5, 0.6) is 0 Å². The number of esters is 1. The zero-order valence-electron chi connectivity index (χ0n) is 13.2. The molecule has 0 aromatic rings. The molecule has 0 heterocycles. The highest BCUT2D eigenvalue weighted by Gasteiger charge is 2.23. The van der Waals surface area contributed by atoms with E-state index in [2.05, 4.69) is 41.5 Å². The maximum absolute atomic E-state index is 12.0. The van der Waals surface area contributed by atoms with Crippen LogP contribution in [0.15, 0.2) is 0 Å². The summed E-state index contributed by atoms with van der Waals surface area (Å²) in [6.07, 6.45) is 4.25. The fourth-order valence-corrected chi connectivity index (χ4v) is 1.97. The van der Waals surface area contributed by atoms with Gasteiger partial charge in [0.15, 0.2) is 0 Å².